The van der Waals surface area contributed by atoms with Crippen molar-refractivity contribution in [3.05, 3.63) is 62.9 Å². The summed E-state index contributed by atoms with van der Waals surface area (Å²) in [6.45, 7) is 0.155. The summed E-state index contributed by atoms with van der Waals surface area (Å²) in [6, 6.07) is 8.41. The second kappa shape index (κ2) is 11.2. The smallest absolute Gasteiger partial charge is 0.404 e. The Labute approximate surface area is 172 Å². The third-order valence-electron chi connectivity index (χ3n) is 4.23. The quantitative estimate of drug-likeness (QED) is 0.591. The van der Waals surface area contributed by atoms with Gasteiger partial charge in [0.05, 0.1) is 19.3 Å². The molecule has 2 aliphatic heterocycles. The number of nitrogens with zero attached hydrogens (tertiary/aromatic N) is 1. The van der Waals surface area contributed by atoms with Crippen LogP contribution in [-0.2, 0) is 25.0 Å². The number of hydrogen-bond donors (Lipinski definition) is 3. The summed E-state index contributed by atoms with van der Waals surface area (Å²) in [5.74, 6) is 0.479. The third kappa shape index (κ3) is 5.88. The first-order valence-corrected chi connectivity index (χ1v) is 10.5. The first kappa shape index (κ1) is 24.0. The molecule has 2 aromatic rings. The molecule has 1 aromatic heterocycles. The van der Waals surface area contributed by atoms with Gasteiger partial charge in [0.15, 0.2) is 0 Å². The number of fused-ring (bicyclic) bond motifs is 1. The molecule has 166 valence electrons. The maximum Gasteiger partial charge on any atom is 0.530 e. The van der Waals surface area contributed by atoms with E-state index in [-0.39, 0.29) is 19.3 Å². The van der Waals surface area contributed by atoms with E-state index in [1.165, 1.54) is 16.8 Å². The number of hydrogen-bond acceptors (Lipinski definition) is 9. The van der Waals surface area contributed by atoms with Gasteiger partial charge in [-0.15, -0.1) is 0 Å². The summed E-state index contributed by atoms with van der Waals surface area (Å²) >= 11 is 0. The Bertz CT molecular complexity index is 974. The minimum atomic E-state index is -3.70. The van der Waals surface area contributed by atoms with Gasteiger partial charge in [-0.1, -0.05) is 18.2 Å². The van der Waals surface area contributed by atoms with Crippen LogP contribution in [0, 0.1) is 0 Å². The SMILES string of the molecule is CO.CO.O=c1ccn(C2CCC(COP3(=O)OCc4ccccc4O3)O2)c(=O)[nH]1. The zero-order valence-electron chi connectivity index (χ0n) is 16.6. The van der Waals surface area contributed by atoms with Crippen LogP contribution in [0.4, 0.5) is 0 Å². The van der Waals surface area contributed by atoms with Crippen molar-refractivity contribution >= 4 is 7.82 Å². The van der Waals surface area contributed by atoms with Crippen molar-refractivity contribution in [1.29, 1.82) is 0 Å². The number of phosphoric acid groups is 1. The highest BCUT2D eigenvalue weighted by Crippen LogP contribution is 2.54. The number of H-pyrrole nitrogens is 1. The van der Waals surface area contributed by atoms with Crippen LogP contribution in [0.3, 0.4) is 0 Å². The van der Waals surface area contributed by atoms with Crippen molar-refractivity contribution < 1.29 is 33.1 Å². The van der Waals surface area contributed by atoms with Crippen molar-refractivity contribution in [2.75, 3.05) is 20.8 Å². The second-order valence-electron chi connectivity index (χ2n) is 6.02. The Hall–Kier alpha value is -2.27. The molecule has 0 bridgehead atoms. The zero-order chi connectivity index (χ0) is 22.1. The Kier molecular flexibility index (Phi) is 8.97. The highest BCUT2D eigenvalue weighted by molar-refractivity contribution is 7.49. The monoisotopic (exact) mass is 444 g/mol. The average Bonchev–Trinajstić information content (AvgIpc) is 3.24. The molecule has 0 saturated carbocycles. The number of benzene rings is 1. The van der Waals surface area contributed by atoms with Gasteiger partial charge in [0.1, 0.15) is 12.0 Å². The van der Waals surface area contributed by atoms with Gasteiger partial charge < -0.3 is 19.5 Å². The summed E-state index contributed by atoms with van der Waals surface area (Å²) in [5, 5.41) is 14.0. The van der Waals surface area contributed by atoms with Crippen LogP contribution in [0.1, 0.15) is 24.6 Å². The number of ether oxygens (including phenoxy) is 1. The molecule has 0 amide bonds. The summed E-state index contributed by atoms with van der Waals surface area (Å²) in [6.07, 6.45) is 1.68. The van der Waals surface area contributed by atoms with E-state index in [4.69, 9.17) is 28.5 Å². The molecule has 0 aliphatic carbocycles. The van der Waals surface area contributed by atoms with Gasteiger partial charge in [-0.05, 0) is 18.9 Å². The lowest BCUT2D eigenvalue weighted by atomic mass is 10.2. The predicted octanol–water partition coefficient (Wildman–Crippen LogP) is 1.17. The van der Waals surface area contributed by atoms with Crippen LogP contribution >= 0.6 is 7.82 Å². The van der Waals surface area contributed by atoms with E-state index >= 15 is 0 Å². The highest BCUT2D eigenvalue weighted by Gasteiger charge is 2.36. The number of aromatic amines is 1. The van der Waals surface area contributed by atoms with Crippen LogP contribution < -0.4 is 15.8 Å². The molecule has 30 heavy (non-hydrogen) atoms. The Morgan fingerprint density at radius 2 is 1.90 bits per heavy atom. The van der Waals surface area contributed by atoms with Crippen LogP contribution in [-0.4, -0.2) is 46.7 Å². The van der Waals surface area contributed by atoms with Gasteiger partial charge in [-0.3, -0.25) is 23.4 Å². The zero-order valence-corrected chi connectivity index (χ0v) is 17.5. The normalized spacial score (nSPS) is 24.4. The van der Waals surface area contributed by atoms with Gasteiger partial charge in [0, 0.05) is 32.0 Å². The van der Waals surface area contributed by atoms with E-state index in [9.17, 15) is 14.2 Å². The fraction of sp³-hybridized carbons (Fsp3) is 0.444. The van der Waals surface area contributed by atoms with Gasteiger partial charge >= 0.3 is 13.5 Å². The van der Waals surface area contributed by atoms with E-state index in [0.717, 1.165) is 19.8 Å². The fourth-order valence-corrected chi connectivity index (χ4v) is 4.16. The van der Waals surface area contributed by atoms with E-state index in [1.54, 1.807) is 12.1 Å². The molecule has 12 heteroatoms. The maximum absolute atomic E-state index is 12.6. The number of aromatic nitrogens is 2. The summed E-state index contributed by atoms with van der Waals surface area (Å²) in [4.78, 5) is 25.1. The minimum absolute atomic E-state index is 0.00798. The predicted molar refractivity (Wildman–Crippen MR) is 106 cm³/mol. The van der Waals surface area contributed by atoms with Gasteiger partial charge in [-0.2, -0.15) is 0 Å². The van der Waals surface area contributed by atoms with E-state index in [0.29, 0.717) is 18.6 Å². The molecule has 4 rings (SSSR count). The lowest BCUT2D eigenvalue weighted by Gasteiger charge is -2.25. The molecule has 3 atom stereocenters. The minimum Gasteiger partial charge on any atom is -0.404 e. The van der Waals surface area contributed by atoms with Crippen LogP contribution in [0.15, 0.2) is 46.1 Å². The molecule has 3 unspecified atom stereocenters. The van der Waals surface area contributed by atoms with Crippen LogP contribution in [0.5, 0.6) is 5.75 Å². The van der Waals surface area contributed by atoms with Crippen molar-refractivity contribution in [3.8, 4) is 5.75 Å². The average molecular weight is 444 g/mol. The Morgan fingerprint density at radius 3 is 2.63 bits per heavy atom. The van der Waals surface area contributed by atoms with Crippen LogP contribution in [0.2, 0.25) is 0 Å². The van der Waals surface area contributed by atoms with Gasteiger partial charge in [-0.25, -0.2) is 9.36 Å². The standard InChI is InChI=1S/C16H17N2O7P.2CH4O/c19-14-7-8-18(16(20)17-14)15-6-5-12(24-15)10-23-26(21)22-9-11-3-1-2-4-13(11)25-26;2*1-2/h1-4,7-8,12,15H,5-6,9-10H2,(H,17,19,20);2*2H,1H3. The Balaban J connectivity index is 0.000000757. The molecule has 3 heterocycles. The molecule has 3 N–H and O–H groups in total. The van der Waals surface area contributed by atoms with Gasteiger partial charge in [0.2, 0.25) is 0 Å². The van der Waals surface area contributed by atoms with Gasteiger partial charge in [0.25, 0.3) is 5.56 Å². The van der Waals surface area contributed by atoms with Crippen molar-refractivity contribution in [3.63, 3.8) is 0 Å². The maximum atomic E-state index is 12.6. The molecule has 0 spiro atoms. The van der Waals surface area contributed by atoms with E-state index in [1.807, 2.05) is 12.1 Å². The molecule has 1 fully saturated rings. The summed E-state index contributed by atoms with van der Waals surface area (Å²) < 4.78 is 35.7. The highest BCUT2D eigenvalue weighted by atomic mass is 31.2. The number of aliphatic hydroxyl groups excluding tert-OH is 2. The van der Waals surface area contributed by atoms with Crippen molar-refractivity contribution in [2.24, 2.45) is 0 Å². The third-order valence-corrected chi connectivity index (χ3v) is 5.56. The topological polar surface area (TPSA) is 149 Å². The van der Waals surface area contributed by atoms with Crippen molar-refractivity contribution in [1.82, 2.24) is 9.55 Å². The lowest BCUT2D eigenvalue weighted by Crippen LogP contribution is -2.31. The first-order valence-electron chi connectivity index (χ1n) is 9.05. The van der Waals surface area contributed by atoms with E-state index < -0.39 is 25.3 Å². The van der Waals surface area contributed by atoms with Crippen molar-refractivity contribution in [2.45, 2.75) is 31.8 Å². The Morgan fingerprint density at radius 1 is 1.17 bits per heavy atom. The number of phosphoric ester groups is 1. The molecule has 0 radical (unpaired) electrons. The molecular weight excluding hydrogens is 419 g/mol. The fourth-order valence-electron chi connectivity index (χ4n) is 2.91. The molecule has 2 aliphatic rings. The molecular formula is C18H25N2O9P. The number of aliphatic hydroxyl groups is 2. The van der Waals surface area contributed by atoms with Crippen LogP contribution in [0.25, 0.3) is 0 Å². The second-order valence-corrected chi connectivity index (χ2v) is 7.62. The summed E-state index contributed by atoms with van der Waals surface area (Å²) in [7, 11) is -1.70. The molecule has 1 aromatic carbocycles. The van der Waals surface area contributed by atoms with E-state index in [2.05, 4.69) is 4.98 Å². The number of para-hydroxylation sites is 1. The molecule has 1 saturated heterocycles. The first-order chi connectivity index (χ1) is 14.5. The molecule has 11 nitrogen and oxygen atoms in total. The number of rotatable bonds is 4. The summed E-state index contributed by atoms with van der Waals surface area (Å²) in [5.41, 5.74) is -0.196. The largest absolute Gasteiger partial charge is 0.530 e. The number of nitrogens with one attached hydrogen (secondary N) is 1. The lowest BCUT2D eigenvalue weighted by molar-refractivity contribution is -0.0264.